The molecule has 3 aromatic rings. The van der Waals surface area contributed by atoms with Gasteiger partial charge in [-0.25, -0.2) is 4.68 Å². The Bertz CT molecular complexity index is 1420. The van der Waals surface area contributed by atoms with Crippen LogP contribution in [0.2, 0.25) is 0 Å². The fourth-order valence-electron chi connectivity index (χ4n) is 5.46. The zero-order valence-corrected chi connectivity index (χ0v) is 25.0. The summed E-state index contributed by atoms with van der Waals surface area (Å²) in [5.41, 5.74) is 5.57. The summed E-state index contributed by atoms with van der Waals surface area (Å²) in [4.78, 5) is 31.0. The largest absolute Gasteiger partial charge is 0.496 e. The van der Waals surface area contributed by atoms with Crippen molar-refractivity contribution in [2.45, 2.75) is 45.3 Å². The lowest BCUT2D eigenvalue weighted by atomic mass is 9.87. The average molecular weight is 563 g/mol. The summed E-state index contributed by atoms with van der Waals surface area (Å²) >= 11 is 1.56. The molecule has 1 fully saturated rings. The molecule has 0 saturated carbocycles. The van der Waals surface area contributed by atoms with Crippen LogP contribution in [-0.4, -0.2) is 72.2 Å². The Morgan fingerprint density at radius 2 is 1.85 bits per heavy atom. The van der Waals surface area contributed by atoms with Crippen LogP contribution in [0, 0.1) is 13.8 Å². The number of morpholine rings is 1. The first kappa shape index (κ1) is 28.2. The van der Waals surface area contributed by atoms with Gasteiger partial charge in [-0.05, 0) is 31.5 Å². The Labute approximate surface area is 240 Å². The van der Waals surface area contributed by atoms with E-state index in [1.807, 2.05) is 28.9 Å². The van der Waals surface area contributed by atoms with Gasteiger partial charge in [-0.3, -0.25) is 14.5 Å². The van der Waals surface area contributed by atoms with Gasteiger partial charge in [0.2, 0.25) is 11.8 Å². The number of aromatic nitrogens is 2. The number of carbonyl (C=O) groups excluding carboxylic acids is 2. The van der Waals surface area contributed by atoms with E-state index in [4.69, 9.17) is 14.6 Å². The molecule has 0 bridgehead atoms. The number of rotatable bonds is 5. The van der Waals surface area contributed by atoms with Crippen LogP contribution in [0.3, 0.4) is 0 Å². The van der Waals surface area contributed by atoms with E-state index in [9.17, 15) is 9.59 Å². The SMILES string of the molecule is COc1ccccc1[C@H]1SCC(=O)N(CC(=O)N2CCOCC2)c2c1c(C(C)(C)C)nn2-c1ccc(C)cc1C. The number of benzene rings is 2. The molecule has 0 N–H and O–H groups in total. The molecule has 0 radical (unpaired) electrons. The number of thioether (sulfide) groups is 1. The lowest BCUT2D eigenvalue weighted by Crippen LogP contribution is -2.48. The predicted octanol–water partition coefficient (Wildman–Crippen LogP) is 4.82. The Hall–Kier alpha value is -3.30. The van der Waals surface area contributed by atoms with Gasteiger partial charge in [0, 0.05) is 29.6 Å². The normalized spacial score (nSPS) is 17.9. The van der Waals surface area contributed by atoms with Gasteiger partial charge in [0.1, 0.15) is 18.1 Å². The fraction of sp³-hybridized carbons (Fsp3) is 0.452. The van der Waals surface area contributed by atoms with E-state index in [2.05, 4.69) is 52.8 Å². The van der Waals surface area contributed by atoms with Gasteiger partial charge in [0.25, 0.3) is 0 Å². The molecule has 5 rings (SSSR count). The molecule has 2 aliphatic rings. The van der Waals surface area contributed by atoms with Gasteiger partial charge in [0.05, 0.1) is 42.7 Å². The highest BCUT2D eigenvalue weighted by Gasteiger charge is 2.41. The molecule has 0 spiro atoms. The number of carbonyl (C=O) groups is 2. The zero-order valence-electron chi connectivity index (χ0n) is 24.2. The van der Waals surface area contributed by atoms with Gasteiger partial charge in [-0.2, -0.15) is 5.10 Å². The van der Waals surface area contributed by atoms with Crippen LogP contribution in [-0.2, 0) is 19.7 Å². The number of aryl methyl sites for hydroxylation is 2. The second-order valence-electron chi connectivity index (χ2n) is 11.4. The van der Waals surface area contributed by atoms with Crippen LogP contribution in [0.5, 0.6) is 5.75 Å². The van der Waals surface area contributed by atoms with Crippen molar-refractivity contribution in [1.82, 2.24) is 14.7 Å². The van der Waals surface area contributed by atoms with Gasteiger partial charge >= 0.3 is 0 Å². The maximum absolute atomic E-state index is 13.9. The molecule has 8 nitrogen and oxygen atoms in total. The highest BCUT2D eigenvalue weighted by molar-refractivity contribution is 8.00. The number of fused-ring (bicyclic) bond motifs is 1. The molecule has 0 aliphatic carbocycles. The zero-order chi connectivity index (χ0) is 28.6. The molecule has 1 aromatic heterocycles. The Balaban J connectivity index is 1.77. The summed E-state index contributed by atoms with van der Waals surface area (Å²) in [5.74, 6) is 1.44. The Morgan fingerprint density at radius 3 is 2.52 bits per heavy atom. The van der Waals surface area contributed by atoms with Crippen molar-refractivity contribution in [1.29, 1.82) is 0 Å². The third-order valence-electron chi connectivity index (χ3n) is 7.46. The lowest BCUT2D eigenvalue weighted by Gasteiger charge is -2.30. The van der Waals surface area contributed by atoms with Crippen LogP contribution >= 0.6 is 11.8 Å². The van der Waals surface area contributed by atoms with Crippen LogP contribution < -0.4 is 9.64 Å². The molecular formula is C31H38N4O4S. The van der Waals surface area contributed by atoms with Crippen molar-refractivity contribution in [3.05, 3.63) is 70.4 Å². The van der Waals surface area contributed by atoms with Crippen LogP contribution in [0.25, 0.3) is 5.69 Å². The van der Waals surface area contributed by atoms with E-state index >= 15 is 0 Å². The second-order valence-corrected chi connectivity index (χ2v) is 12.5. The minimum absolute atomic E-state index is 0.0504. The third-order valence-corrected chi connectivity index (χ3v) is 8.70. The summed E-state index contributed by atoms with van der Waals surface area (Å²) < 4.78 is 13.1. The smallest absolute Gasteiger partial charge is 0.242 e. The maximum atomic E-state index is 13.9. The Morgan fingerprint density at radius 1 is 1.12 bits per heavy atom. The molecule has 212 valence electrons. The lowest BCUT2D eigenvalue weighted by molar-refractivity contribution is -0.134. The minimum atomic E-state index is -0.331. The van der Waals surface area contributed by atoms with Crippen molar-refractivity contribution >= 4 is 29.4 Å². The van der Waals surface area contributed by atoms with Crippen LogP contribution in [0.4, 0.5) is 5.82 Å². The minimum Gasteiger partial charge on any atom is -0.496 e. The number of hydrogen-bond donors (Lipinski definition) is 0. The van der Waals surface area contributed by atoms with Crippen molar-refractivity contribution in [3.63, 3.8) is 0 Å². The first-order valence-electron chi connectivity index (χ1n) is 13.7. The van der Waals surface area contributed by atoms with E-state index in [1.165, 1.54) is 0 Å². The molecular weight excluding hydrogens is 524 g/mol. The first-order valence-corrected chi connectivity index (χ1v) is 14.8. The number of nitrogens with zero attached hydrogens (tertiary/aromatic N) is 4. The summed E-state index contributed by atoms with van der Waals surface area (Å²) in [7, 11) is 1.67. The summed E-state index contributed by atoms with van der Waals surface area (Å²) in [6, 6.07) is 14.2. The van der Waals surface area contributed by atoms with E-state index in [-0.39, 0.29) is 34.8 Å². The standard InChI is InChI=1S/C31H38N4O4S/c1-20-11-12-23(21(2)17-20)35-30-27(29(32-35)31(3,4)5)28(22-9-7-8-10-24(22)38-6)40-19-26(37)34(30)18-25(36)33-13-15-39-16-14-33/h7-12,17,28H,13-16,18-19H2,1-6H3/t28-/m1/s1. The Kier molecular flexibility index (Phi) is 7.97. The molecule has 1 saturated heterocycles. The summed E-state index contributed by atoms with van der Waals surface area (Å²) in [5, 5.41) is 5.01. The number of para-hydroxylation sites is 1. The van der Waals surface area contributed by atoms with E-state index in [0.717, 1.165) is 39.4 Å². The average Bonchev–Trinajstić information content (AvgIpc) is 3.26. The number of ether oxygens (including phenoxy) is 2. The molecule has 9 heteroatoms. The molecule has 2 aromatic carbocycles. The summed E-state index contributed by atoms with van der Waals surface area (Å²) in [6.07, 6.45) is 0. The third kappa shape index (κ3) is 5.37. The van der Waals surface area contributed by atoms with Gasteiger partial charge in [0.15, 0.2) is 0 Å². The summed E-state index contributed by atoms with van der Waals surface area (Å²) in [6.45, 7) is 12.5. The molecule has 0 unspecified atom stereocenters. The number of anilines is 1. The van der Waals surface area contributed by atoms with Crippen molar-refractivity contribution in [2.75, 3.05) is 50.6 Å². The molecule has 2 aliphatic heterocycles. The van der Waals surface area contributed by atoms with Crippen molar-refractivity contribution in [2.24, 2.45) is 0 Å². The molecule has 40 heavy (non-hydrogen) atoms. The number of amides is 2. The molecule has 3 heterocycles. The van der Waals surface area contributed by atoms with E-state index in [1.54, 1.807) is 28.7 Å². The monoisotopic (exact) mass is 562 g/mol. The van der Waals surface area contributed by atoms with Crippen molar-refractivity contribution in [3.8, 4) is 11.4 Å². The van der Waals surface area contributed by atoms with Crippen LogP contribution in [0.15, 0.2) is 42.5 Å². The maximum Gasteiger partial charge on any atom is 0.242 e. The highest BCUT2D eigenvalue weighted by Crippen LogP contribution is 2.50. The van der Waals surface area contributed by atoms with E-state index < -0.39 is 0 Å². The van der Waals surface area contributed by atoms with Gasteiger partial charge in [-0.15, -0.1) is 11.8 Å². The molecule has 2 amide bonds. The predicted molar refractivity (Wildman–Crippen MR) is 159 cm³/mol. The fourth-order valence-corrected chi connectivity index (χ4v) is 6.68. The van der Waals surface area contributed by atoms with Crippen LogP contribution in [0.1, 0.15) is 54.0 Å². The second kappa shape index (κ2) is 11.3. The topological polar surface area (TPSA) is 76.9 Å². The quantitative estimate of drug-likeness (QED) is 0.444. The van der Waals surface area contributed by atoms with Gasteiger partial charge < -0.3 is 14.4 Å². The number of hydrogen-bond acceptors (Lipinski definition) is 6. The van der Waals surface area contributed by atoms with Crippen molar-refractivity contribution < 1.29 is 19.1 Å². The first-order chi connectivity index (χ1) is 19.1. The van der Waals surface area contributed by atoms with E-state index in [0.29, 0.717) is 32.1 Å². The van der Waals surface area contributed by atoms with Gasteiger partial charge in [-0.1, -0.05) is 56.7 Å². The highest BCUT2D eigenvalue weighted by atomic mass is 32.2. The number of methoxy groups -OCH3 is 1. The molecule has 1 atom stereocenters.